The fourth-order valence-electron chi connectivity index (χ4n) is 1.76. The molecule has 0 fully saturated rings. The van der Waals surface area contributed by atoms with E-state index in [-0.39, 0.29) is 11.3 Å². The highest BCUT2D eigenvalue weighted by atomic mass is 19.1. The summed E-state index contributed by atoms with van der Waals surface area (Å²) in [7, 11) is 1.52. The second-order valence-corrected chi connectivity index (χ2v) is 4.39. The number of nitrogen functional groups attached to an aromatic ring is 1. The Hall–Kier alpha value is -2.56. The van der Waals surface area contributed by atoms with Gasteiger partial charge >= 0.3 is 0 Å². The molecule has 4 nitrogen and oxygen atoms in total. The smallest absolute Gasteiger partial charge is 0.255 e. The van der Waals surface area contributed by atoms with Crippen molar-refractivity contribution in [1.82, 2.24) is 0 Å². The number of benzene rings is 2. The topological polar surface area (TPSA) is 64.3 Å². The van der Waals surface area contributed by atoms with E-state index in [1.54, 1.807) is 12.1 Å². The van der Waals surface area contributed by atoms with E-state index < -0.39 is 11.7 Å². The molecule has 0 spiro atoms. The van der Waals surface area contributed by atoms with E-state index in [1.165, 1.54) is 19.2 Å². The van der Waals surface area contributed by atoms with Crippen molar-refractivity contribution in [2.45, 2.75) is 6.92 Å². The molecule has 2 aromatic carbocycles. The molecule has 2 aromatic rings. The average molecular weight is 274 g/mol. The van der Waals surface area contributed by atoms with Crippen molar-refractivity contribution in [3.63, 3.8) is 0 Å². The Balaban J connectivity index is 2.25. The van der Waals surface area contributed by atoms with Gasteiger partial charge in [-0.05, 0) is 42.8 Å². The van der Waals surface area contributed by atoms with Crippen molar-refractivity contribution in [3.05, 3.63) is 53.3 Å². The summed E-state index contributed by atoms with van der Waals surface area (Å²) in [6, 6.07) is 9.32. The van der Waals surface area contributed by atoms with Gasteiger partial charge in [0, 0.05) is 5.56 Å². The minimum absolute atomic E-state index is 0.00877. The number of amides is 1. The number of carbonyl (C=O) groups is 1. The quantitative estimate of drug-likeness (QED) is 0.846. The molecule has 0 bridgehead atoms. The summed E-state index contributed by atoms with van der Waals surface area (Å²) < 4.78 is 18.5. The maximum Gasteiger partial charge on any atom is 0.255 e. The SMILES string of the molecule is COc1cc(C)ccc1NC(=O)c1ccc(N)c(F)c1. The fraction of sp³-hybridized carbons (Fsp3) is 0.133. The molecule has 0 atom stereocenters. The number of hydrogen-bond donors (Lipinski definition) is 2. The number of halogens is 1. The van der Waals surface area contributed by atoms with Crippen LogP contribution in [0.2, 0.25) is 0 Å². The van der Waals surface area contributed by atoms with Crippen LogP contribution in [0.3, 0.4) is 0 Å². The first-order valence-corrected chi connectivity index (χ1v) is 6.02. The second kappa shape index (κ2) is 5.61. The van der Waals surface area contributed by atoms with Crippen LogP contribution in [-0.2, 0) is 0 Å². The van der Waals surface area contributed by atoms with Gasteiger partial charge in [0.05, 0.1) is 18.5 Å². The molecule has 0 saturated heterocycles. The number of anilines is 2. The Morgan fingerprint density at radius 2 is 2.00 bits per heavy atom. The monoisotopic (exact) mass is 274 g/mol. The lowest BCUT2D eigenvalue weighted by Gasteiger charge is -2.11. The van der Waals surface area contributed by atoms with E-state index in [2.05, 4.69) is 5.32 Å². The first-order chi connectivity index (χ1) is 9.51. The number of rotatable bonds is 3. The number of carbonyl (C=O) groups excluding carboxylic acids is 1. The number of nitrogens with one attached hydrogen (secondary N) is 1. The molecule has 0 aliphatic rings. The van der Waals surface area contributed by atoms with E-state index >= 15 is 0 Å². The Morgan fingerprint density at radius 1 is 1.25 bits per heavy atom. The fourth-order valence-corrected chi connectivity index (χ4v) is 1.76. The van der Waals surface area contributed by atoms with Crippen molar-refractivity contribution in [2.24, 2.45) is 0 Å². The number of hydrogen-bond acceptors (Lipinski definition) is 3. The molecule has 0 saturated carbocycles. The van der Waals surface area contributed by atoms with Crippen LogP contribution in [0.15, 0.2) is 36.4 Å². The zero-order valence-corrected chi connectivity index (χ0v) is 11.2. The van der Waals surface area contributed by atoms with Crippen molar-refractivity contribution >= 4 is 17.3 Å². The highest BCUT2D eigenvalue weighted by Crippen LogP contribution is 2.26. The van der Waals surface area contributed by atoms with Crippen molar-refractivity contribution < 1.29 is 13.9 Å². The summed E-state index contributed by atoms with van der Waals surface area (Å²) in [5.74, 6) is -0.492. The van der Waals surface area contributed by atoms with E-state index in [0.717, 1.165) is 11.6 Å². The molecule has 2 rings (SSSR count). The lowest BCUT2D eigenvalue weighted by molar-refractivity contribution is 0.102. The van der Waals surface area contributed by atoms with Crippen LogP contribution in [0.5, 0.6) is 5.75 Å². The zero-order chi connectivity index (χ0) is 14.7. The van der Waals surface area contributed by atoms with Gasteiger partial charge in [0.1, 0.15) is 11.6 Å². The first kappa shape index (κ1) is 13.9. The van der Waals surface area contributed by atoms with Gasteiger partial charge in [-0.25, -0.2) is 4.39 Å². The van der Waals surface area contributed by atoms with Gasteiger partial charge < -0.3 is 15.8 Å². The van der Waals surface area contributed by atoms with Crippen LogP contribution in [0.25, 0.3) is 0 Å². The molecule has 20 heavy (non-hydrogen) atoms. The van der Waals surface area contributed by atoms with Gasteiger partial charge in [-0.1, -0.05) is 6.07 Å². The third kappa shape index (κ3) is 2.88. The standard InChI is InChI=1S/C15H15FN2O2/c1-9-3-6-13(14(7-9)20-2)18-15(19)10-4-5-12(17)11(16)8-10/h3-8H,17H2,1-2H3,(H,18,19). The van der Waals surface area contributed by atoms with Crippen molar-refractivity contribution in [2.75, 3.05) is 18.2 Å². The molecule has 0 aromatic heterocycles. The molecule has 0 aliphatic heterocycles. The Morgan fingerprint density at radius 3 is 2.65 bits per heavy atom. The minimum atomic E-state index is -0.617. The molecule has 0 aliphatic carbocycles. The maximum absolute atomic E-state index is 13.3. The van der Waals surface area contributed by atoms with E-state index in [1.807, 2.05) is 13.0 Å². The Kier molecular flexibility index (Phi) is 3.89. The van der Waals surface area contributed by atoms with Crippen LogP contribution >= 0.6 is 0 Å². The van der Waals surface area contributed by atoms with Gasteiger partial charge in [-0.3, -0.25) is 4.79 Å². The number of nitrogens with two attached hydrogens (primary N) is 1. The molecule has 1 amide bonds. The first-order valence-electron chi connectivity index (χ1n) is 6.02. The van der Waals surface area contributed by atoms with Crippen molar-refractivity contribution in [3.8, 4) is 5.75 Å². The van der Waals surface area contributed by atoms with Crippen LogP contribution in [-0.4, -0.2) is 13.0 Å². The largest absolute Gasteiger partial charge is 0.495 e. The van der Waals surface area contributed by atoms with Gasteiger partial charge in [-0.2, -0.15) is 0 Å². The summed E-state index contributed by atoms with van der Waals surface area (Å²) in [6.07, 6.45) is 0. The van der Waals surface area contributed by atoms with E-state index in [4.69, 9.17) is 10.5 Å². The van der Waals surface area contributed by atoms with Gasteiger partial charge in [0.2, 0.25) is 0 Å². The molecule has 0 radical (unpaired) electrons. The third-order valence-electron chi connectivity index (χ3n) is 2.87. The highest BCUT2D eigenvalue weighted by molar-refractivity contribution is 6.05. The second-order valence-electron chi connectivity index (χ2n) is 4.39. The van der Waals surface area contributed by atoms with E-state index in [9.17, 15) is 9.18 Å². The minimum Gasteiger partial charge on any atom is -0.495 e. The third-order valence-corrected chi connectivity index (χ3v) is 2.87. The molecule has 5 heteroatoms. The van der Waals surface area contributed by atoms with Crippen LogP contribution in [0.1, 0.15) is 15.9 Å². The van der Waals surface area contributed by atoms with Crippen LogP contribution in [0, 0.1) is 12.7 Å². The number of ether oxygens (including phenoxy) is 1. The Labute approximate surface area is 116 Å². The number of aryl methyl sites for hydroxylation is 1. The zero-order valence-electron chi connectivity index (χ0n) is 11.2. The lowest BCUT2D eigenvalue weighted by Crippen LogP contribution is -2.13. The molecule has 104 valence electrons. The van der Waals surface area contributed by atoms with Crippen molar-refractivity contribution in [1.29, 1.82) is 0 Å². The maximum atomic E-state index is 13.3. The van der Waals surface area contributed by atoms with Gasteiger partial charge in [0.25, 0.3) is 5.91 Å². The summed E-state index contributed by atoms with van der Waals surface area (Å²) in [6.45, 7) is 1.92. The number of methoxy groups -OCH3 is 1. The summed E-state index contributed by atoms with van der Waals surface area (Å²) in [5.41, 5.74) is 7.12. The Bertz CT molecular complexity index is 656. The van der Waals surface area contributed by atoms with Gasteiger partial charge in [-0.15, -0.1) is 0 Å². The van der Waals surface area contributed by atoms with Gasteiger partial charge in [0.15, 0.2) is 0 Å². The predicted molar refractivity (Wildman–Crippen MR) is 76.5 cm³/mol. The molecular weight excluding hydrogens is 259 g/mol. The highest BCUT2D eigenvalue weighted by Gasteiger charge is 2.11. The molecular formula is C15H15FN2O2. The normalized spacial score (nSPS) is 10.2. The van der Waals surface area contributed by atoms with Crippen LogP contribution in [0.4, 0.5) is 15.8 Å². The average Bonchev–Trinajstić information content (AvgIpc) is 2.43. The molecule has 0 heterocycles. The lowest BCUT2D eigenvalue weighted by atomic mass is 10.1. The summed E-state index contributed by atoms with van der Waals surface area (Å²) in [4.78, 5) is 12.1. The molecule has 3 N–H and O–H groups in total. The summed E-state index contributed by atoms with van der Waals surface area (Å²) >= 11 is 0. The molecule has 0 unspecified atom stereocenters. The van der Waals surface area contributed by atoms with Crippen LogP contribution < -0.4 is 15.8 Å². The summed E-state index contributed by atoms with van der Waals surface area (Å²) in [5, 5.41) is 2.68. The van der Waals surface area contributed by atoms with E-state index in [0.29, 0.717) is 11.4 Å². The predicted octanol–water partition coefficient (Wildman–Crippen LogP) is 2.98.